The van der Waals surface area contributed by atoms with Crippen molar-refractivity contribution >= 4 is 17.1 Å². The van der Waals surface area contributed by atoms with E-state index >= 15 is 0 Å². The van der Waals surface area contributed by atoms with Gasteiger partial charge >= 0.3 is 6.09 Å². The number of hydrogen-bond donors (Lipinski definition) is 2. The lowest BCUT2D eigenvalue weighted by Crippen LogP contribution is -2.52. The normalized spacial score (nSPS) is 13.4. The second-order valence-electron chi connectivity index (χ2n) is 10.5. The monoisotopic (exact) mass is 462 g/mol. The molecule has 7 nitrogen and oxygen atoms in total. The number of carbonyl (C=O) groups excluding carboxylic acids is 1. The molecule has 0 saturated carbocycles. The van der Waals surface area contributed by atoms with Gasteiger partial charge in [-0.05, 0) is 82.3 Å². The first-order valence-electron chi connectivity index (χ1n) is 11.5. The van der Waals surface area contributed by atoms with Crippen molar-refractivity contribution in [1.29, 1.82) is 5.26 Å². The van der Waals surface area contributed by atoms with Crippen molar-refractivity contribution in [2.75, 3.05) is 6.61 Å². The van der Waals surface area contributed by atoms with Crippen LogP contribution in [0.25, 0.3) is 22.2 Å². The number of aryl methyl sites for hydroxylation is 1. The Morgan fingerprint density at radius 3 is 2.59 bits per heavy atom. The highest BCUT2D eigenvalue weighted by Crippen LogP contribution is 2.32. The Morgan fingerprint density at radius 1 is 1.21 bits per heavy atom. The SMILES string of the molecule is Cc1cc2c(-c3ccc(OC[C@](C)(CC(C)C)NC(=O)OC(C)(C)C)c(C#N)c3)ccnc2[nH]1. The molecule has 1 atom stereocenters. The van der Waals surface area contributed by atoms with Crippen molar-refractivity contribution in [3.8, 4) is 22.9 Å². The zero-order valence-electron chi connectivity index (χ0n) is 21.1. The van der Waals surface area contributed by atoms with Gasteiger partial charge in [-0.2, -0.15) is 5.26 Å². The van der Waals surface area contributed by atoms with Crippen molar-refractivity contribution in [2.45, 2.75) is 66.0 Å². The fraction of sp³-hybridized carbons (Fsp3) is 0.444. The van der Waals surface area contributed by atoms with Gasteiger partial charge in [-0.3, -0.25) is 0 Å². The van der Waals surface area contributed by atoms with Gasteiger partial charge in [0.05, 0.1) is 11.1 Å². The highest BCUT2D eigenvalue weighted by Gasteiger charge is 2.31. The fourth-order valence-electron chi connectivity index (χ4n) is 4.15. The number of ether oxygens (including phenoxy) is 2. The summed E-state index contributed by atoms with van der Waals surface area (Å²) in [6.45, 7) is 13.8. The zero-order valence-corrected chi connectivity index (χ0v) is 21.1. The smallest absolute Gasteiger partial charge is 0.408 e. The molecule has 0 saturated heterocycles. The molecule has 0 spiro atoms. The highest BCUT2D eigenvalue weighted by atomic mass is 16.6. The van der Waals surface area contributed by atoms with Gasteiger partial charge in [0, 0.05) is 17.3 Å². The topological polar surface area (TPSA) is 100 Å². The number of H-pyrrole nitrogens is 1. The molecule has 3 rings (SSSR count). The number of alkyl carbamates (subject to hydrolysis) is 1. The van der Waals surface area contributed by atoms with Gasteiger partial charge in [0.1, 0.15) is 29.7 Å². The molecule has 3 aromatic rings. The molecule has 0 radical (unpaired) electrons. The summed E-state index contributed by atoms with van der Waals surface area (Å²) in [6, 6.07) is 11.8. The van der Waals surface area contributed by atoms with E-state index in [1.54, 1.807) is 6.20 Å². The summed E-state index contributed by atoms with van der Waals surface area (Å²) in [4.78, 5) is 20.1. The van der Waals surface area contributed by atoms with Gasteiger partial charge in [-0.15, -0.1) is 0 Å². The molecule has 1 amide bonds. The lowest BCUT2D eigenvalue weighted by atomic mass is 9.91. The van der Waals surface area contributed by atoms with E-state index in [2.05, 4.69) is 35.2 Å². The van der Waals surface area contributed by atoms with Gasteiger partial charge in [0.15, 0.2) is 0 Å². The molecule has 0 aliphatic heterocycles. The molecule has 0 aliphatic rings. The molecule has 2 heterocycles. The molecular formula is C27H34N4O3. The maximum Gasteiger partial charge on any atom is 0.408 e. The molecule has 0 bridgehead atoms. The van der Waals surface area contributed by atoms with Crippen LogP contribution in [0.4, 0.5) is 4.79 Å². The maximum atomic E-state index is 12.5. The van der Waals surface area contributed by atoms with E-state index in [1.165, 1.54) is 0 Å². The highest BCUT2D eigenvalue weighted by molar-refractivity contribution is 5.93. The molecule has 34 heavy (non-hydrogen) atoms. The summed E-state index contributed by atoms with van der Waals surface area (Å²) in [6.07, 6.45) is 1.95. The third kappa shape index (κ3) is 6.28. The quantitative estimate of drug-likeness (QED) is 0.441. The average Bonchev–Trinajstić information content (AvgIpc) is 3.10. The van der Waals surface area contributed by atoms with Crippen LogP contribution in [0, 0.1) is 24.2 Å². The van der Waals surface area contributed by atoms with Gasteiger partial charge < -0.3 is 19.8 Å². The summed E-state index contributed by atoms with van der Waals surface area (Å²) in [5.74, 6) is 0.794. The number of pyridine rings is 1. The third-order valence-electron chi connectivity index (χ3n) is 5.29. The number of aromatic amines is 1. The minimum absolute atomic E-state index is 0.203. The summed E-state index contributed by atoms with van der Waals surface area (Å²) in [5.41, 5.74) is 2.91. The lowest BCUT2D eigenvalue weighted by molar-refractivity contribution is 0.0408. The van der Waals surface area contributed by atoms with E-state index in [1.807, 2.05) is 65.0 Å². The van der Waals surface area contributed by atoms with Crippen LogP contribution >= 0.6 is 0 Å². The molecule has 7 heteroatoms. The van der Waals surface area contributed by atoms with Crippen molar-refractivity contribution in [2.24, 2.45) is 5.92 Å². The molecular weight excluding hydrogens is 428 g/mol. The average molecular weight is 463 g/mol. The number of hydrogen-bond acceptors (Lipinski definition) is 5. The molecule has 0 aliphatic carbocycles. The first-order chi connectivity index (χ1) is 15.9. The van der Waals surface area contributed by atoms with E-state index < -0.39 is 17.2 Å². The van der Waals surface area contributed by atoms with E-state index in [4.69, 9.17) is 9.47 Å². The molecule has 2 aromatic heterocycles. The largest absolute Gasteiger partial charge is 0.490 e. The second kappa shape index (κ2) is 9.76. The van der Waals surface area contributed by atoms with Crippen molar-refractivity contribution in [1.82, 2.24) is 15.3 Å². The number of nitrogens with zero attached hydrogens (tertiary/aromatic N) is 2. The van der Waals surface area contributed by atoms with Crippen LogP contribution in [0.3, 0.4) is 0 Å². The van der Waals surface area contributed by atoms with E-state index in [0.29, 0.717) is 23.7 Å². The van der Waals surface area contributed by atoms with E-state index in [9.17, 15) is 10.1 Å². The number of benzene rings is 1. The second-order valence-corrected chi connectivity index (χ2v) is 10.5. The Balaban J connectivity index is 1.83. The number of nitrogens with one attached hydrogen (secondary N) is 2. The number of fused-ring (bicyclic) bond motifs is 1. The summed E-state index contributed by atoms with van der Waals surface area (Å²) in [7, 11) is 0. The van der Waals surface area contributed by atoms with Crippen molar-refractivity contribution in [3.63, 3.8) is 0 Å². The summed E-state index contributed by atoms with van der Waals surface area (Å²) >= 11 is 0. The first kappa shape index (κ1) is 25.1. The predicted molar refractivity (Wildman–Crippen MR) is 134 cm³/mol. The number of amides is 1. The molecule has 180 valence electrons. The van der Waals surface area contributed by atoms with Gasteiger partial charge in [-0.1, -0.05) is 19.9 Å². The van der Waals surface area contributed by atoms with Gasteiger partial charge in [0.2, 0.25) is 0 Å². The maximum absolute atomic E-state index is 12.5. The molecule has 2 N–H and O–H groups in total. The van der Waals surface area contributed by atoms with Crippen molar-refractivity contribution in [3.05, 3.63) is 47.8 Å². The number of rotatable bonds is 7. The number of carbonyl (C=O) groups is 1. The fourth-order valence-corrected chi connectivity index (χ4v) is 4.15. The third-order valence-corrected chi connectivity index (χ3v) is 5.29. The van der Waals surface area contributed by atoms with Gasteiger partial charge in [-0.25, -0.2) is 9.78 Å². The Hall–Kier alpha value is -3.53. The van der Waals surface area contributed by atoms with Crippen LogP contribution in [0.15, 0.2) is 36.5 Å². The number of nitriles is 1. The Bertz CT molecular complexity index is 1220. The molecule has 0 unspecified atom stereocenters. The number of aromatic nitrogens is 2. The van der Waals surface area contributed by atoms with Crippen LogP contribution in [0.1, 0.15) is 59.2 Å². The van der Waals surface area contributed by atoms with Crippen LogP contribution in [0.2, 0.25) is 0 Å². The van der Waals surface area contributed by atoms with Crippen LogP contribution in [-0.2, 0) is 4.74 Å². The Kier molecular flexibility index (Phi) is 7.21. The summed E-state index contributed by atoms with van der Waals surface area (Å²) in [5, 5.41) is 13.8. The molecule has 1 aromatic carbocycles. The van der Waals surface area contributed by atoms with Crippen LogP contribution in [-0.4, -0.2) is 33.8 Å². The van der Waals surface area contributed by atoms with Crippen LogP contribution < -0.4 is 10.1 Å². The molecule has 0 fully saturated rings. The Labute approximate surface area is 201 Å². The lowest BCUT2D eigenvalue weighted by Gasteiger charge is -2.33. The standard InChI is InChI=1S/C27H34N4O3/c1-17(2)14-27(7,31-25(32)34-26(4,5)6)16-33-23-9-8-19(13-20(23)15-28)21-10-11-29-24-22(21)12-18(3)30-24/h8-13,17H,14,16H2,1-7H3,(H,29,30)(H,31,32)/t27-/m0/s1. The van der Waals surface area contributed by atoms with Gasteiger partial charge in [0.25, 0.3) is 0 Å². The van der Waals surface area contributed by atoms with Crippen molar-refractivity contribution < 1.29 is 14.3 Å². The van der Waals surface area contributed by atoms with Crippen LogP contribution in [0.5, 0.6) is 5.75 Å². The predicted octanol–water partition coefficient (Wildman–Crippen LogP) is 6.12. The van der Waals surface area contributed by atoms with E-state index in [-0.39, 0.29) is 6.61 Å². The zero-order chi connectivity index (χ0) is 25.1. The van der Waals surface area contributed by atoms with E-state index in [0.717, 1.165) is 27.9 Å². The minimum Gasteiger partial charge on any atom is -0.490 e. The first-order valence-corrected chi connectivity index (χ1v) is 11.5. The Morgan fingerprint density at radius 2 is 1.94 bits per heavy atom. The summed E-state index contributed by atoms with van der Waals surface area (Å²) < 4.78 is 11.5. The minimum atomic E-state index is -0.665.